The van der Waals surface area contributed by atoms with Crippen molar-refractivity contribution in [3.63, 3.8) is 0 Å². The van der Waals surface area contributed by atoms with Gasteiger partial charge < -0.3 is 14.9 Å². The van der Waals surface area contributed by atoms with Crippen LogP contribution < -0.4 is 4.90 Å². The lowest BCUT2D eigenvalue weighted by Crippen LogP contribution is -2.48. The van der Waals surface area contributed by atoms with Gasteiger partial charge in [0.25, 0.3) is 0 Å². The van der Waals surface area contributed by atoms with E-state index in [0.717, 1.165) is 48.7 Å². The molecule has 3 aliphatic rings. The van der Waals surface area contributed by atoms with Gasteiger partial charge in [-0.2, -0.15) is 13.2 Å². The van der Waals surface area contributed by atoms with Crippen LogP contribution in [0.15, 0.2) is 30.3 Å². The zero-order valence-corrected chi connectivity index (χ0v) is 16.8. The van der Waals surface area contributed by atoms with E-state index in [4.69, 9.17) is 0 Å². The molecule has 1 saturated heterocycles. The SMILES string of the molecule is O=C(O)N1CC[C@H]2[C@@H](C1)c1cc(-c3ccc(F)cc3C(F)(F)F)cc3c1N2CCCC3. The molecule has 1 amide bonds. The van der Waals surface area contributed by atoms with E-state index in [9.17, 15) is 27.5 Å². The molecule has 0 spiro atoms. The first-order valence-electron chi connectivity index (χ1n) is 10.5. The molecule has 2 aromatic rings. The van der Waals surface area contributed by atoms with Gasteiger partial charge in [-0.15, -0.1) is 0 Å². The third-order valence-corrected chi connectivity index (χ3v) is 6.85. The van der Waals surface area contributed by atoms with E-state index >= 15 is 0 Å². The molecular weight excluding hydrogens is 412 g/mol. The Morgan fingerprint density at radius 1 is 1.10 bits per heavy atom. The van der Waals surface area contributed by atoms with E-state index < -0.39 is 23.7 Å². The van der Waals surface area contributed by atoms with E-state index in [1.807, 2.05) is 6.07 Å². The van der Waals surface area contributed by atoms with E-state index in [2.05, 4.69) is 4.90 Å². The third kappa shape index (κ3) is 3.32. The van der Waals surface area contributed by atoms with Crippen LogP contribution in [0.5, 0.6) is 0 Å². The lowest BCUT2D eigenvalue weighted by Gasteiger charge is -2.37. The van der Waals surface area contributed by atoms with Gasteiger partial charge in [-0.1, -0.05) is 6.07 Å². The summed E-state index contributed by atoms with van der Waals surface area (Å²) >= 11 is 0. The van der Waals surface area contributed by atoms with Crippen molar-refractivity contribution in [2.45, 2.75) is 43.8 Å². The zero-order chi connectivity index (χ0) is 21.9. The summed E-state index contributed by atoms with van der Waals surface area (Å²) in [7, 11) is 0. The Labute approximate surface area is 177 Å². The molecule has 0 aromatic heterocycles. The van der Waals surface area contributed by atoms with Gasteiger partial charge in [0.15, 0.2) is 0 Å². The van der Waals surface area contributed by atoms with E-state index in [1.54, 1.807) is 6.07 Å². The monoisotopic (exact) mass is 434 g/mol. The fraction of sp³-hybridized carbons (Fsp3) is 0.435. The average Bonchev–Trinajstić information content (AvgIpc) is 2.87. The molecule has 2 atom stereocenters. The topological polar surface area (TPSA) is 43.8 Å². The minimum Gasteiger partial charge on any atom is -0.465 e. The van der Waals surface area contributed by atoms with Crippen LogP contribution in [0.25, 0.3) is 11.1 Å². The molecule has 3 heterocycles. The quantitative estimate of drug-likeness (QED) is 0.603. The summed E-state index contributed by atoms with van der Waals surface area (Å²) in [6, 6.07) is 6.53. The molecule has 31 heavy (non-hydrogen) atoms. The summed E-state index contributed by atoms with van der Waals surface area (Å²) in [5, 5.41) is 9.48. The van der Waals surface area contributed by atoms with Crippen LogP contribution in [0, 0.1) is 5.82 Å². The smallest absolute Gasteiger partial charge is 0.417 e. The molecule has 4 nitrogen and oxygen atoms in total. The van der Waals surface area contributed by atoms with Crippen LogP contribution in [0.3, 0.4) is 0 Å². The number of alkyl halides is 3. The summed E-state index contributed by atoms with van der Waals surface area (Å²) in [5.74, 6) is -1.00. The first-order chi connectivity index (χ1) is 14.7. The largest absolute Gasteiger partial charge is 0.465 e. The highest BCUT2D eigenvalue weighted by molar-refractivity contribution is 5.78. The fourth-order valence-electron chi connectivity index (χ4n) is 5.53. The molecular formula is C23H22F4N2O2. The van der Waals surface area contributed by atoms with Gasteiger partial charge in [-0.25, -0.2) is 9.18 Å². The predicted molar refractivity (Wildman–Crippen MR) is 108 cm³/mol. The predicted octanol–water partition coefficient (Wildman–Crippen LogP) is 5.50. The maximum Gasteiger partial charge on any atom is 0.417 e. The molecule has 3 aliphatic heterocycles. The number of hydrogen-bond donors (Lipinski definition) is 1. The fourth-order valence-corrected chi connectivity index (χ4v) is 5.53. The Morgan fingerprint density at radius 3 is 2.65 bits per heavy atom. The molecule has 0 aliphatic carbocycles. The van der Waals surface area contributed by atoms with E-state index in [-0.39, 0.29) is 17.5 Å². The van der Waals surface area contributed by atoms with E-state index in [1.165, 1.54) is 11.0 Å². The summed E-state index contributed by atoms with van der Waals surface area (Å²) in [6.45, 7) is 1.67. The second-order valence-corrected chi connectivity index (χ2v) is 8.60. The Hall–Kier alpha value is -2.77. The number of likely N-dealkylation sites (tertiary alicyclic amines) is 1. The molecule has 1 fully saturated rings. The molecule has 1 N–H and O–H groups in total. The normalized spacial score (nSPS) is 22.7. The summed E-state index contributed by atoms with van der Waals surface area (Å²) < 4.78 is 54.7. The zero-order valence-electron chi connectivity index (χ0n) is 16.8. The van der Waals surface area contributed by atoms with Gasteiger partial charge in [0.1, 0.15) is 5.82 Å². The standard InChI is InChI=1S/C23H22F4N2O2/c24-15-4-5-16(19(11-15)23(25,26)27)14-9-13-3-1-2-7-29-20-6-8-28(22(30)31)12-18(20)17(10-14)21(13)29/h4-5,9-11,18,20H,1-3,6-8,12H2,(H,30,31)/t18-,20-/m0/s1. The molecule has 0 unspecified atom stereocenters. The number of halogens is 4. The number of aryl methyl sites for hydroxylation is 1. The highest BCUT2D eigenvalue weighted by Gasteiger charge is 2.44. The van der Waals surface area contributed by atoms with Gasteiger partial charge in [0.05, 0.1) is 5.56 Å². The van der Waals surface area contributed by atoms with Crippen LogP contribution >= 0.6 is 0 Å². The first kappa shape index (κ1) is 20.2. The number of nitrogens with zero attached hydrogens (tertiary/aromatic N) is 2. The molecule has 0 radical (unpaired) electrons. The van der Waals surface area contributed by atoms with Crippen LogP contribution in [0.4, 0.5) is 28.0 Å². The minimum absolute atomic E-state index is 0.0434. The van der Waals surface area contributed by atoms with Crippen LogP contribution in [0.2, 0.25) is 0 Å². The number of carbonyl (C=O) groups is 1. The number of anilines is 1. The van der Waals surface area contributed by atoms with Crippen molar-refractivity contribution in [2.75, 3.05) is 24.5 Å². The van der Waals surface area contributed by atoms with Gasteiger partial charge in [0.2, 0.25) is 0 Å². The summed E-state index contributed by atoms with van der Waals surface area (Å²) in [6.07, 6.45) is -2.26. The van der Waals surface area contributed by atoms with Gasteiger partial charge in [-0.3, -0.25) is 0 Å². The van der Waals surface area contributed by atoms with Crippen molar-refractivity contribution >= 4 is 11.8 Å². The summed E-state index contributed by atoms with van der Waals surface area (Å²) in [5.41, 5.74) is 2.37. The number of carboxylic acid groups (broad SMARTS) is 1. The van der Waals surface area contributed by atoms with Crippen molar-refractivity contribution in [3.8, 4) is 11.1 Å². The lowest BCUT2D eigenvalue weighted by molar-refractivity contribution is -0.137. The molecule has 2 aromatic carbocycles. The summed E-state index contributed by atoms with van der Waals surface area (Å²) in [4.78, 5) is 15.3. The molecule has 8 heteroatoms. The van der Waals surface area contributed by atoms with Crippen molar-refractivity contribution < 1.29 is 27.5 Å². The van der Waals surface area contributed by atoms with Crippen molar-refractivity contribution in [2.24, 2.45) is 0 Å². The maximum atomic E-state index is 13.7. The highest BCUT2D eigenvalue weighted by Crippen LogP contribution is 2.50. The number of benzene rings is 2. The van der Waals surface area contributed by atoms with Crippen molar-refractivity contribution in [1.82, 2.24) is 4.90 Å². The van der Waals surface area contributed by atoms with E-state index in [0.29, 0.717) is 31.1 Å². The first-order valence-corrected chi connectivity index (χ1v) is 10.5. The molecule has 164 valence electrons. The second-order valence-electron chi connectivity index (χ2n) is 8.60. The number of hydrogen-bond acceptors (Lipinski definition) is 2. The van der Waals surface area contributed by atoms with Crippen LogP contribution in [-0.2, 0) is 12.6 Å². The number of rotatable bonds is 1. The third-order valence-electron chi connectivity index (χ3n) is 6.85. The van der Waals surface area contributed by atoms with Crippen molar-refractivity contribution in [1.29, 1.82) is 0 Å². The van der Waals surface area contributed by atoms with Crippen molar-refractivity contribution in [3.05, 3.63) is 52.8 Å². The Balaban J connectivity index is 1.67. The number of piperidine rings is 1. The second kappa shape index (κ2) is 7.14. The van der Waals surface area contributed by atoms with Crippen LogP contribution in [-0.4, -0.2) is 41.8 Å². The lowest BCUT2D eigenvalue weighted by atomic mass is 9.85. The van der Waals surface area contributed by atoms with Gasteiger partial charge >= 0.3 is 12.3 Å². The maximum absolute atomic E-state index is 13.7. The van der Waals surface area contributed by atoms with Gasteiger partial charge in [0, 0.05) is 37.3 Å². The average molecular weight is 434 g/mol. The highest BCUT2D eigenvalue weighted by atomic mass is 19.4. The Bertz CT molecular complexity index is 1050. The van der Waals surface area contributed by atoms with Crippen LogP contribution in [0.1, 0.15) is 41.9 Å². The minimum atomic E-state index is -4.68. The number of amides is 1. The molecule has 0 saturated carbocycles. The Morgan fingerprint density at radius 2 is 1.90 bits per heavy atom. The van der Waals surface area contributed by atoms with Gasteiger partial charge in [-0.05, 0) is 72.2 Å². The molecule has 5 rings (SSSR count). The molecule has 0 bridgehead atoms. The number of fused-ring (bicyclic) bond motifs is 3. The Kier molecular flexibility index (Phi) is 4.64.